The first-order chi connectivity index (χ1) is 10.1. The molecule has 0 N–H and O–H groups in total. The van der Waals surface area contributed by atoms with Gasteiger partial charge in [-0.3, -0.25) is 0 Å². The third kappa shape index (κ3) is 3.47. The molecule has 0 atom stereocenters. The molecule has 0 bridgehead atoms. The maximum Gasteiger partial charge on any atom is 0.177 e. The number of benzene rings is 2. The van der Waals surface area contributed by atoms with E-state index in [1.807, 2.05) is 60.4 Å². The Morgan fingerprint density at radius 2 is 1.45 bits per heavy atom. The summed E-state index contributed by atoms with van der Waals surface area (Å²) in [7, 11) is 1.94. The quantitative estimate of drug-likeness (QED) is 0.434. The summed E-state index contributed by atoms with van der Waals surface area (Å²) in [6.45, 7) is 0. The summed E-state index contributed by atoms with van der Waals surface area (Å²) in [6.07, 6.45) is 3.88. The molecule has 4 heteroatoms. The Labute approximate surface area is 151 Å². The summed E-state index contributed by atoms with van der Waals surface area (Å²) in [5, 5.41) is 0.630. The Balaban J connectivity index is 0.00000176. The van der Waals surface area contributed by atoms with Crippen molar-refractivity contribution in [1.82, 2.24) is 0 Å². The monoisotopic (exact) mass is 425 g/mol. The average Bonchev–Trinajstić information content (AvgIpc) is 2.50. The van der Waals surface area contributed by atoms with Crippen LogP contribution >= 0.6 is 11.6 Å². The lowest BCUT2D eigenvalue weighted by molar-refractivity contribution is -0.670. The number of halogens is 3. The van der Waals surface area contributed by atoms with E-state index in [2.05, 4.69) is 0 Å². The van der Waals surface area contributed by atoms with Crippen LogP contribution in [0.2, 0.25) is 5.02 Å². The van der Waals surface area contributed by atoms with E-state index in [0.29, 0.717) is 5.02 Å². The summed E-state index contributed by atoms with van der Waals surface area (Å²) in [5.41, 5.74) is 3.56. The molecular weight excluding hydrogens is 412 g/mol. The molecule has 0 saturated heterocycles. The molecule has 0 radical (unpaired) electrons. The van der Waals surface area contributed by atoms with Gasteiger partial charge in [0.05, 0.1) is 16.1 Å². The standard InChI is InChI=1S/C18H14ClFN.HI/c1-21-11-16(13-6-3-2-4-7-13)18(19)17(12-21)14-8-5-9-15(20)10-14;/h2-12H,1H3;1H/q+1;/p-1. The predicted molar refractivity (Wildman–Crippen MR) is 83.5 cm³/mol. The largest absolute Gasteiger partial charge is 1.00 e. The van der Waals surface area contributed by atoms with Crippen LogP contribution in [0, 0.1) is 5.82 Å². The van der Waals surface area contributed by atoms with Crippen LogP contribution in [-0.4, -0.2) is 0 Å². The number of aryl methyl sites for hydroxylation is 1. The molecule has 0 fully saturated rings. The average molecular weight is 426 g/mol. The maximum absolute atomic E-state index is 13.5. The van der Waals surface area contributed by atoms with Crippen LogP contribution < -0.4 is 28.5 Å². The maximum atomic E-state index is 13.5. The molecular formula is C18H14ClFIN. The number of aromatic nitrogens is 1. The summed E-state index contributed by atoms with van der Waals surface area (Å²) in [6, 6.07) is 16.4. The molecule has 0 amide bonds. The highest BCUT2D eigenvalue weighted by Crippen LogP contribution is 2.34. The first kappa shape index (κ1) is 16.9. The minimum absolute atomic E-state index is 0. The van der Waals surface area contributed by atoms with Crippen LogP contribution in [-0.2, 0) is 7.05 Å². The van der Waals surface area contributed by atoms with E-state index in [0.717, 1.165) is 22.3 Å². The van der Waals surface area contributed by atoms with Gasteiger partial charge < -0.3 is 24.0 Å². The van der Waals surface area contributed by atoms with Crippen molar-refractivity contribution in [2.75, 3.05) is 0 Å². The zero-order valence-electron chi connectivity index (χ0n) is 11.9. The second-order valence-corrected chi connectivity index (χ2v) is 5.32. The zero-order valence-corrected chi connectivity index (χ0v) is 14.8. The summed E-state index contributed by atoms with van der Waals surface area (Å²) in [5.74, 6) is -0.267. The van der Waals surface area contributed by atoms with Crippen molar-refractivity contribution >= 4 is 11.6 Å². The Kier molecular flexibility index (Phi) is 5.53. The first-order valence-corrected chi connectivity index (χ1v) is 7.03. The SMILES string of the molecule is C[n+]1cc(-c2ccccc2)c(Cl)c(-c2cccc(F)c2)c1.[I-]. The van der Waals surface area contributed by atoms with E-state index in [9.17, 15) is 4.39 Å². The van der Waals surface area contributed by atoms with Crippen molar-refractivity contribution in [3.63, 3.8) is 0 Å². The molecule has 0 aliphatic carbocycles. The summed E-state index contributed by atoms with van der Waals surface area (Å²) < 4.78 is 15.4. The molecule has 112 valence electrons. The number of hydrogen-bond acceptors (Lipinski definition) is 0. The van der Waals surface area contributed by atoms with E-state index in [-0.39, 0.29) is 29.8 Å². The lowest BCUT2D eigenvalue weighted by Gasteiger charge is -2.08. The van der Waals surface area contributed by atoms with E-state index in [1.165, 1.54) is 12.1 Å². The van der Waals surface area contributed by atoms with Crippen LogP contribution in [0.5, 0.6) is 0 Å². The van der Waals surface area contributed by atoms with Gasteiger partial charge in [0, 0.05) is 0 Å². The number of rotatable bonds is 2. The fourth-order valence-electron chi connectivity index (χ4n) is 2.38. The number of nitrogens with zero attached hydrogens (tertiary/aromatic N) is 1. The van der Waals surface area contributed by atoms with Gasteiger partial charge in [0.25, 0.3) is 0 Å². The molecule has 0 aliphatic rings. The van der Waals surface area contributed by atoms with Crippen LogP contribution in [0.15, 0.2) is 67.0 Å². The number of pyridine rings is 1. The van der Waals surface area contributed by atoms with Gasteiger partial charge in [0.1, 0.15) is 12.9 Å². The molecule has 22 heavy (non-hydrogen) atoms. The zero-order chi connectivity index (χ0) is 14.8. The number of hydrogen-bond donors (Lipinski definition) is 0. The minimum atomic E-state index is -0.267. The molecule has 3 aromatic rings. The highest BCUT2D eigenvalue weighted by Gasteiger charge is 2.16. The van der Waals surface area contributed by atoms with Gasteiger partial charge in [-0.2, -0.15) is 0 Å². The van der Waals surface area contributed by atoms with Crippen molar-refractivity contribution in [3.8, 4) is 22.3 Å². The third-order valence-electron chi connectivity index (χ3n) is 3.36. The van der Waals surface area contributed by atoms with Crippen molar-refractivity contribution in [1.29, 1.82) is 0 Å². The van der Waals surface area contributed by atoms with E-state index < -0.39 is 0 Å². The highest BCUT2D eigenvalue weighted by molar-refractivity contribution is 6.35. The van der Waals surface area contributed by atoms with Crippen molar-refractivity contribution in [3.05, 3.63) is 77.8 Å². The molecule has 0 unspecified atom stereocenters. The van der Waals surface area contributed by atoms with Crippen LogP contribution in [0.4, 0.5) is 4.39 Å². The highest BCUT2D eigenvalue weighted by atomic mass is 127. The van der Waals surface area contributed by atoms with Gasteiger partial charge >= 0.3 is 0 Å². The second kappa shape index (κ2) is 7.20. The Morgan fingerprint density at radius 3 is 2.09 bits per heavy atom. The first-order valence-electron chi connectivity index (χ1n) is 6.65. The molecule has 0 spiro atoms. The normalized spacial score (nSPS) is 10.1. The van der Waals surface area contributed by atoms with E-state index >= 15 is 0 Å². The fourth-order valence-corrected chi connectivity index (χ4v) is 2.70. The smallest absolute Gasteiger partial charge is 0.177 e. The van der Waals surface area contributed by atoms with Gasteiger partial charge in [-0.15, -0.1) is 0 Å². The predicted octanol–water partition coefficient (Wildman–Crippen LogP) is 1.64. The summed E-state index contributed by atoms with van der Waals surface area (Å²) in [4.78, 5) is 0. The minimum Gasteiger partial charge on any atom is -1.00 e. The lowest BCUT2D eigenvalue weighted by atomic mass is 10.0. The van der Waals surface area contributed by atoms with Crippen LogP contribution in [0.3, 0.4) is 0 Å². The summed E-state index contributed by atoms with van der Waals surface area (Å²) >= 11 is 6.57. The van der Waals surface area contributed by atoms with Gasteiger partial charge in [-0.25, -0.2) is 8.96 Å². The van der Waals surface area contributed by atoms with Gasteiger partial charge in [0.15, 0.2) is 12.4 Å². The van der Waals surface area contributed by atoms with Crippen LogP contribution in [0.25, 0.3) is 22.3 Å². The Hall–Kier alpha value is -1.46. The Bertz CT molecular complexity index is 790. The van der Waals surface area contributed by atoms with Crippen molar-refractivity contribution < 1.29 is 32.9 Å². The van der Waals surface area contributed by atoms with Gasteiger partial charge in [0.2, 0.25) is 0 Å². The van der Waals surface area contributed by atoms with E-state index in [4.69, 9.17) is 11.6 Å². The van der Waals surface area contributed by atoms with E-state index in [1.54, 1.807) is 6.07 Å². The lowest BCUT2D eigenvalue weighted by Crippen LogP contribution is -3.00. The molecule has 0 saturated carbocycles. The van der Waals surface area contributed by atoms with Gasteiger partial charge in [-0.1, -0.05) is 54.1 Å². The van der Waals surface area contributed by atoms with Crippen molar-refractivity contribution in [2.24, 2.45) is 7.05 Å². The molecule has 1 heterocycles. The molecule has 1 aromatic heterocycles. The fraction of sp³-hybridized carbons (Fsp3) is 0.0556. The molecule has 2 aromatic carbocycles. The molecule has 0 aliphatic heterocycles. The van der Waals surface area contributed by atoms with Gasteiger partial charge in [-0.05, 0) is 23.3 Å². The second-order valence-electron chi connectivity index (χ2n) is 4.94. The third-order valence-corrected chi connectivity index (χ3v) is 3.77. The Morgan fingerprint density at radius 1 is 0.864 bits per heavy atom. The van der Waals surface area contributed by atoms with Crippen molar-refractivity contribution in [2.45, 2.75) is 0 Å². The van der Waals surface area contributed by atoms with Crippen LogP contribution in [0.1, 0.15) is 0 Å². The topological polar surface area (TPSA) is 3.88 Å². The molecule has 1 nitrogen and oxygen atoms in total. The molecule has 3 rings (SSSR count).